The highest BCUT2D eigenvalue weighted by atomic mass is 32.2. The summed E-state index contributed by atoms with van der Waals surface area (Å²) >= 11 is 0. The van der Waals surface area contributed by atoms with Gasteiger partial charge in [0.25, 0.3) is 0 Å². The van der Waals surface area contributed by atoms with Gasteiger partial charge in [-0.2, -0.15) is 5.26 Å². The van der Waals surface area contributed by atoms with Gasteiger partial charge < -0.3 is 0 Å². The highest BCUT2D eigenvalue weighted by Gasteiger charge is 2.31. The lowest BCUT2D eigenvalue weighted by atomic mass is 10.0. The number of rotatable bonds is 0. The minimum Gasteiger partial charge on any atom is -0.224 e. The molecule has 0 fully saturated rings. The van der Waals surface area contributed by atoms with Gasteiger partial charge in [0.05, 0.1) is 22.3 Å². The van der Waals surface area contributed by atoms with Crippen molar-refractivity contribution in [2.24, 2.45) is 0 Å². The molecule has 0 saturated carbocycles. The number of fused-ring (bicyclic) bond motifs is 1. The molecule has 3 nitrogen and oxygen atoms in total. The fourth-order valence-corrected chi connectivity index (χ4v) is 3.74. The summed E-state index contributed by atoms with van der Waals surface area (Å²) < 4.78 is 23.2. The summed E-state index contributed by atoms with van der Waals surface area (Å²) in [4.78, 5) is 0.337. The highest BCUT2D eigenvalue weighted by molar-refractivity contribution is 7.91. The Hall–Kier alpha value is -1.34. The first-order chi connectivity index (χ1) is 6.54. The van der Waals surface area contributed by atoms with Gasteiger partial charge in [-0.05, 0) is 23.6 Å². The van der Waals surface area contributed by atoms with E-state index in [-0.39, 0.29) is 11.7 Å². The van der Waals surface area contributed by atoms with Gasteiger partial charge in [-0.15, -0.1) is 0 Å². The normalized spacial score (nSPS) is 22.7. The van der Waals surface area contributed by atoms with Crippen LogP contribution < -0.4 is 0 Å². The van der Waals surface area contributed by atoms with Crippen LogP contribution in [0, 0.1) is 11.3 Å². The van der Waals surface area contributed by atoms with Crippen LogP contribution >= 0.6 is 0 Å². The minimum absolute atomic E-state index is 0.0442. The molecular weight excluding hydrogens is 198 g/mol. The molecule has 1 atom stereocenters. The zero-order valence-electron chi connectivity index (χ0n) is 7.69. The second-order valence-electron chi connectivity index (χ2n) is 3.55. The number of nitriles is 1. The van der Waals surface area contributed by atoms with E-state index in [0.717, 1.165) is 5.56 Å². The summed E-state index contributed by atoms with van der Waals surface area (Å²) in [5, 5.41) is 8.66. The van der Waals surface area contributed by atoms with Gasteiger partial charge in [-0.3, -0.25) is 0 Å². The van der Waals surface area contributed by atoms with E-state index < -0.39 is 9.84 Å². The largest absolute Gasteiger partial charge is 0.224 e. The molecule has 2 rings (SSSR count). The lowest BCUT2D eigenvalue weighted by Gasteiger charge is -2.00. The molecule has 72 valence electrons. The summed E-state index contributed by atoms with van der Waals surface area (Å²) in [5.74, 6) is 0.208. The van der Waals surface area contributed by atoms with Crippen LogP contribution in [0.25, 0.3) is 0 Å². The molecule has 0 spiro atoms. The van der Waals surface area contributed by atoms with Crippen LogP contribution in [0.2, 0.25) is 0 Å². The fraction of sp³-hybridized carbons (Fsp3) is 0.300. The van der Waals surface area contributed by atoms with Crippen LogP contribution in [0.5, 0.6) is 0 Å². The van der Waals surface area contributed by atoms with Crippen molar-refractivity contribution in [3.05, 3.63) is 29.3 Å². The lowest BCUT2D eigenvalue weighted by molar-refractivity contribution is 0.598. The highest BCUT2D eigenvalue weighted by Crippen LogP contribution is 2.34. The van der Waals surface area contributed by atoms with E-state index in [9.17, 15) is 8.42 Å². The average molecular weight is 207 g/mol. The Labute approximate surface area is 82.9 Å². The molecule has 4 heteroatoms. The van der Waals surface area contributed by atoms with Crippen LogP contribution in [-0.4, -0.2) is 14.2 Å². The van der Waals surface area contributed by atoms with Crippen molar-refractivity contribution in [3.63, 3.8) is 0 Å². The third-order valence-corrected chi connectivity index (χ3v) is 4.44. The van der Waals surface area contributed by atoms with Gasteiger partial charge in [-0.1, -0.05) is 13.0 Å². The SMILES string of the molecule is CC1CS(=O)(=O)c2cc(C#N)ccc21. The van der Waals surface area contributed by atoms with Crippen molar-refractivity contribution >= 4 is 9.84 Å². The molecule has 0 saturated heterocycles. The van der Waals surface area contributed by atoms with Crippen LogP contribution in [0.3, 0.4) is 0 Å². The molecule has 0 radical (unpaired) electrons. The molecule has 0 N–H and O–H groups in total. The van der Waals surface area contributed by atoms with Crippen molar-refractivity contribution in [2.75, 3.05) is 5.75 Å². The first-order valence-electron chi connectivity index (χ1n) is 4.31. The van der Waals surface area contributed by atoms with Gasteiger partial charge in [-0.25, -0.2) is 8.42 Å². The van der Waals surface area contributed by atoms with E-state index in [1.54, 1.807) is 12.1 Å². The molecule has 1 unspecified atom stereocenters. The Morgan fingerprint density at radius 3 is 2.86 bits per heavy atom. The molecule has 0 aromatic heterocycles. The molecule has 1 aromatic carbocycles. The second kappa shape index (κ2) is 2.82. The van der Waals surface area contributed by atoms with Crippen molar-refractivity contribution in [2.45, 2.75) is 17.7 Å². The predicted octanol–water partition coefficient (Wildman–Crippen LogP) is 1.45. The Morgan fingerprint density at radius 1 is 1.50 bits per heavy atom. The second-order valence-corrected chi connectivity index (χ2v) is 5.55. The van der Waals surface area contributed by atoms with Crippen molar-refractivity contribution in [1.82, 2.24) is 0 Å². The molecular formula is C10H9NO2S. The molecule has 0 amide bonds. The Balaban J connectivity index is 2.73. The Bertz CT molecular complexity index is 526. The third kappa shape index (κ3) is 1.21. The van der Waals surface area contributed by atoms with E-state index in [0.29, 0.717) is 10.5 Å². The summed E-state index contributed by atoms with van der Waals surface area (Å²) in [5.41, 5.74) is 1.24. The first-order valence-corrected chi connectivity index (χ1v) is 5.96. The number of nitrogens with zero attached hydrogens (tertiary/aromatic N) is 1. The van der Waals surface area contributed by atoms with Crippen LogP contribution in [0.1, 0.15) is 24.0 Å². The summed E-state index contributed by atoms with van der Waals surface area (Å²) in [6, 6.07) is 6.81. The minimum atomic E-state index is -3.14. The maximum absolute atomic E-state index is 11.6. The first kappa shape index (κ1) is 9.22. The van der Waals surface area contributed by atoms with E-state index >= 15 is 0 Å². The standard InChI is InChI=1S/C10H9NO2S/c1-7-6-14(12,13)10-4-8(5-11)2-3-9(7)10/h2-4,7H,6H2,1H3. The lowest BCUT2D eigenvalue weighted by Crippen LogP contribution is -2.00. The molecule has 1 aromatic rings. The topological polar surface area (TPSA) is 57.9 Å². The molecule has 1 aliphatic rings. The van der Waals surface area contributed by atoms with Crippen LogP contribution in [-0.2, 0) is 9.84 Å². The fourth-order valence-electron chi connectivity index (χ4n) is 1.79. The Morgan fingerprint density at radius 2 is 2.21 bits per heavy atom. The summed E-state index contributed by atoms with van der Waals surface area (Å²) in [7, 11) is -3.14. The smallest absolute Gasteiger partial charge is 0.179 e. The van der Waals surface area contributed by atoms with Gasteiger partial charge >= 0.3 is 0 Å². The number of hydrogen-bond acceptors (Lipinski definition) is 3. The zero-order valence-corrected chi connectivity index (χ0v) is 8.50. The van der Waals surface area contributed by atoms with Crippen molar-refractivity contribution < 1.29 is 8.42 Å². The van der Waals surface area contributed by atoms with Crippen molar-refractivity contribution in [3.8, 4) is 6.07 Å². The van der Waals surface area contributed by atoms with Gasteiger partial charge in [0.15, 0.2) is 9.84 Å². The molecule has 1 aliphatic heterocycles. The van der Waals surface area contributed by atoms with Gasteiger partial charge in [0.1, 0.15) is 0 Å². The van der Waals surface area contributed by atoms with E-state index in [1.165, 1.54) is 6.07 Å². The molecule has 0 bridgehead atoms. The van der Waals surface area contributed by atoms with Gasteiger partial charge in [0.2, 0.25) is 0 Å². The number of hydrogen-bond donors (Lipinski definition) is 0. The van der Waals surface area contributed by atoms with E-state index in [2.05, 4.69) is 0 Å². The monoisotopic (exact) mass is 207 g/mol. The van der Waals surface area contributed by atoms with Gasteiger partial charge in [0, 0.05) is 0 Å². The van der Waals surface area contributed by atoms with Crippen molar-refractivity contribution in [1.29, 1.82) is 5.26 Å². The average Bonchev–Trinajstić information content (AvgIpc) is 2.37. The van der Waals surface area contributed by atoms with E-state index in [4.69, 9.17) is 5.26 Å². The predicted molar refractivity (Wildman–Crippen MR) is 51.6 cm³/mol. The molecule has 14 heavy (non-hydrogen) atoms. The molecule has 0 aliphatic carbocycles. The van der Waals surface area contributed by atoms with Crippen LogP contribution in [0.4, 0.5) is 0 Å². The summed E-state index contributed by atoms with van der Waals surface area (Å²) in [6.45, 7) is 1.88. The van der Waals surface area contributed by atoms with E-state index in [1.807, 2.05) is 13.0 Å². The quantitative estimate of drug-likeness (QED) is 0.647. The number of sulfone groups is 1. The third-order valence-electron chi connectivity index (χ3n) is 2.48. The number of benzene rings is 1. The zero-order chi connectivity index (χ0) is 10.3. The maximum Gasteiger partial charge on any atom is 0.179 e. The Kier molecular flexibility index (Phi) is 1.86. The van der Waals surface area contributed by atoms with Crippen LogP contribution in [0.15, 0.2) is 23.1 Å². The summed E-state index contributed by atoms with van der Waals surface area (Å²) in [6.07, 6.45) is 0. The maximum atomic E-state index is 11.6. The molecule has 1 heterocycles.